The second-order valence-electron chi connectivity index (χ2n) is 11.6. The third-order valence-corrected chi connectivity index (χ3v) is 9.63. The number of thiazole rings is 1. The van der Waals surface area contributed by atoms with Gasteiger partial charge in [0.2, 0.25) is 0 Å². The van der Waals surface area contributed by atoms with Crippen molar-refractivity contribution < 1.29 is 28.1 Å². The molecule has 0 radical (unpaired) electrons. The molecule has 10 heteroatoms. The minimum absolute atomic E-state index is 0.00422. The highest BCUT2D eigenvalue weighted by atomic mass is 32.1. The number of nitrogens with zero attached hydrogens (tertiary/aromatic N) is 2. The number of fused-ring (bicyclic) bond motifs is 2. The number of hydrogen-bond donors (Lipinski definition) is 0. The van der Waals surface area contributed by atoms with Gasteiger partial charge in [-0.2, -0.15) is 0 Å². The Balaban J connectivity index is 1.48. The van der Waals surface area contributed by atoms with Crippen LogP contribution in [0.1, 0.15) is 35.2 Å². The Kier molecular flexibility index (Phi) is 9.50. The van der Waals surface area contributed by atoms with E-state index in [0.29, 0.717) is 54.5 Å². The molecule has 8 nitrogen and oxygen atoms in total. The summed E-state index contributed by atoms with van der Waals surface area (Å²) in [5, 5.41) is 1.79. The van der Waals surface area contributed by atoms with Crippen LogP contribution < -0.4 is 29.1 Å². The fourth-order valence-electron chi connectivity index (χ4n) is 6.23. The van der Waals surface area contributed by atoms with E-state index in [-0.39, 0.29) is 30.2 Å². The minimum atomic E-state index is -0.915. The number of ether oxygens (including phenoxy) is 4. The number of rotatable bonds is 10. The van der Waals surface area contributed by atoms with E-state index in [9.17, 15) is 14.0 Å². The number of methoxy groups -OCH3 is 2. The molecule has 0 spiro atoms. The first-order valence-corrected chi connectivity index (χ1v) is 17.1. The monoisotopic (exact) mass is 700 g/mol. The smallest absolute Gasteiger partial charge is 0.338 e. The number of hydrogen-bond acceptors (Lipinski definition) is 8. The molecular weight excluding hydrogens is 668 g/mol. The van der Waals surface area contributed by atoms with Crippen molar-refractivity contribution in [3.8, 4) is 17.2 Å². The Morgan fingerprint density at radius 3 is 2.37 bits per heavy atom. The minimum Gasteiger partial charge on any atom is -0.493 e. The van der Waals surface area contributed by atoms with Gasteiger partial charge in [0.25, 0.3) is 5.56 Å². The molecule has 1 aliphatic rings. The summed E-state index contributed by atoms with van der Waals surface area (Å²) in [4.78, 5) is 33.9. The normalized spacial score (nSPS) is 14.2. The number of aromatic nitrogens is 1. The van der Waals surface area contributed by atoms with Crippen LogP contribution in [-0.4, -0.2) is 31.4 Å². The first kappa shape index (κ1) is 33.5. The van der Waals surface area contributed by atoms with E-state index in [0.717, 1.165) is 10.8 Å². The Hall–Kier alpha value is -6.00. The third-order valence-electron chi connectivity index (χ3n) is 8.64. The average molecular weight is 701 g/mol. The summed E-state index contributed by atoms with van der Waals surface area (Å²) in [6, 6.07) is 31.7. The second kappa shape index (κ2) is 14.5. The highest BCUT2D eigenvalue weighted by molar-refractivity contribution is 7.07. The maximum absolute atomic E-state index is 14.7. The van der Waals surface area contributed by atoms with Gasteiger partial charge in [-0.05, 0) is 53.6 Å². The summed E-state index contributed by atoms with van der Waals surface area (Å²) in [5.41, 5.74) is 2.62. The summed E-state index contributed by atoms with van der Waals surface area (Å²) in [6.45, 7) is 1.86. The molecule has 7 rings (SSSR count). The largest absolute Gasteiger partial charge is 0.493 e. The third kappa shape index (κ3) is 6.41. The number of benzene rings is 5. The lowest BCUT2D eigenvalue weighted by molar-refractivity contribution is -0.138. The maximum Gasteiger partial charge on any atom is 0.338 e. The molecule has 2 heterocycles. The van der Waals surface area contributed by atoms with Crippen LogP contribution in [0.5, 0.6) is 17.2 Å². The first-order chi connectivity index (χ1) is 24.9. The van der Waals surface area contributed by atoms with Gasteiger partial charge < -0.3 is 18.9 Å². The lowest BCUT2D eigenvalue weighted by Gasteiger charge is -2.26. The molecular formula is C41H33FN2O6S. The van der Waals surface area contributed by atoms with Crippen LogP contribution in [0.15, 0.2) is 125 Å². The van der Waals surface area contributed by atoms with Gasteiger partial charge in [0.15, 0.2) is 16.3 Å². The fraction of sp³-hybridized carbons (Fsp3) is 0.146. The molecule has 0 aliphatic carbocycles. The zero-order valence-electron chi connectivity index (χ0n) is 28.1. The van der Waals surface area contributed by atoms with E-state index in [4.69, 9.17) is 23.9 Å². The molecule has 5 aromatic carbocycles. The Morgan fingerprint density at radius 1 is 0.882 bits per heavy atom. The van der Waals surface area contributed by atoms with E-state index in [2.05, 4.69) is 0 Å². The van der Waals surface area contributed by atoms with Crippen LogP contribution >= 0.6 is 11.3 Å². The topological polar surface area (TPSA) is 88.4 Å². The SMILES string of the molecule is CCOC(=O)C1=C(c2ccccc2)N=c2s/c(=C\c3c(OCc4ccccc4F)ccc4ccccc34)c(=O)n2[C@H]1c1ccc(OC)c(OC)c1. The molecule has 0 fully saturated rings. The lowest BCUT2D eigenvalue weighted by atomic mass is 9.93. The van der Waals surface area contributed by atoms with Crippen LogP contribution in [0.25, 0.3) is 22.5 Å². The van der Waals surface area contributed by atoms with Crippen molar-refractivity contribution in [2.75, 3.05) is 20.8 Å². The van der Waals surface area contributed by atoms with E-state index in [1.807, 2.05) is 66.7 Å². The van der Waals surface area contributed by atoms with E-state index < -0.39 is 12.0 Å². The van der Waals surface area contributed by atoms with E-state index in [1.165, 1.54) is 29.1 Å². The van der Waals surface area contributed by atoms with Crippen LogP contribution in [0.2, 0.25) is 0 Å². The molecule has 1 aliphatic heterocycles. The first-order valence-electron chi connectivity index (χ1n) is 16.3. The molecule has 0 saturated heterocycles. The quantitative estimate of drug-likeness (QED) is 0.146. The van der Waals surface area contributed by atoms with E-state index >= 15 is 0 Å². The summed E-state index contributed by atoms with van der Waals surface area (Å²) < 4.78 is 39.4. The second-order valence-corrected chi connectivity index (χ2v) is 12.6. The van der Waals surface area contributed by atoms with Gasteiger partial charge in [0.05, 0.1) is 42.7 Å². The number of carbonyl (C=O) groups excluding carboxylic acids is 1. The van der Waals surface area contributed by atoms with Crippen molar-refractivity contribution >= 4 is 39.9 Å². The average Bonchev–Trinajstić information content (AvgIpc) is 3.48. The van der Waals surface area contributed by atoms with Crippen molar-refractivity contribution in [3.63, 3.8) is 0 Å². The summed E-state index contributed by atoms with van der Waals surface area (Å²) in [7, 11) is 3.07. The van der Waals surface area contributed by atoms with Gasteiger partial charge in [-0.15, -0.1) is 0 Å². The standard InChI is InChI=1S/C41H33FN2O6S/c1-4-49-40(46)36-37(26-13-6-5-7-14-26)43-41-44(38(36)27-19-21-33(47-2)34(22-27)48-3)39(45)35(51-41)23-30-29-16-10-8-12-25(29)18-20-32(30)50-24-28-15-9-11-17-31(28)42/h5-23,38H,4,24H2,1-3H3/b35-23-/t38-/m0/s1. The van der Waals surface area contributed by atoms with Gasteiger partial charge in [-0.25, -0.2) is 14.2 Å². The highest BCUT2D eigenvalue weighted by Crippen LogP contribution is 2.38. The number of carbonyl (C=O) groups is 1. The summed E-state index contributed by atoms with van der Waals surface area (Å²) in [5.74, 6) is 0.460. The summed E-state index contributed by atoms with van der Waals surface area (Å²) >= 11 is 1.20. The Bertz CT molecular complexity index is 2490. The lowest BCUT2D eigenvalue weighted by Crippen LogP contribution is -2.40. The van der Waals surface area contributed by atoms with Gasteiger partial charge in [-0.3, -0.25) is 9.36 Å². The Morgan fingerprint density at radius 2 is 1.61 bits per heavy atom. The molecule has 0 unspecified atom stereocenters. The number of halogens is 1. The highest BCUT2D eigenvalue weighted by Gasteiger charge is 2.35. The fourth-order valence-corrected chi connectivity index (χ4v) is 7.21. The van der Waals surface area contributed by atoms with E-state index in [1.54, 1.807) is 56.5 Å². The van der Waals surface area contributed by atoms with Crippen LogP contribution in [0, 0.1) is 5.82 Å². The molecule has 0 saturated carbocycles. The predicted octanol–water partition coefficient (Wildman–Crippen LogP) is 6.82. The predicted molar refractivity (Wildman–Crippen MR) is 195 cm³/mol. The van der Waals surface area contributed by atoms with Crippen molar-refractivity contribution in [1.29, 1.82) is 0 Å². The zero-order valence-corrected chi connectivity index (χ0v) is 28.9. The molecule has 1 aromatic heterocycles. The van der Waals surface area contributed by atoms with Crippen molar-refractivity contribution in [2.24, 2.45) is 4.99 Å². The van der Waals surface area contributed by atoms with Crippen LogP contribution in [0.4, 0.5) is 4.39 Å². The zero-order chi connectivity index (χ0) is 35.5. The van der Waals surface area contributed by atoms with Gasteiger partial charge in [0, 0.05) is 16.7 Å². The van der Waals surface area contributed by atoms with Crippen molar-refractivity contribution in [3.05, 3.63) is 163 Å². The molecule has 1 atom stereocenters. The van der Waals surface area contributed by atoms with Gasteiger partial charge in [-0.1, -0.05) is 96.3 Å². The van der Waals surface area contributed by atoms with Gasteiger partial charge in [0.1, 0.15) is 18.2 Å². The molecule has 0 bridgehead atoms. The molecule has 0 amide bonds. The molecule has 51 heavy (non-hydrogen) atoms. The van der Waals surface area contributed by atoms with Crippen molar-refractivity contribution in [1.82, 2.24) is 4.57 Å². The Labute approximate surface area is 297 Å². The van der Waals surface area contributed by atoms with Crippen molar-refractivity contribution in [2.45, 2.75) is 19.6 Å². The van der Waals surface area contributed by atoms with Crippen LogP contribution in [-0.2, 0) is 16.1 Å². The molecule has 6 aromatic rings. The number of esters is 1. The molecule has 0 N–H and O–H groups in total. The summed E-state index contributed by atoms with van der Waals surface area (Å²) in [6.07, 6.45) is 1.78. The maximum atomic E-state index is 14.7. The molecule has 256 valence electrons. The van der Waals surface area contributed by atoms with Gasteiger partial charge >= 0.3 is 5.97 Å². The van der Waals surface area contributed by atoms with Crippen LogP contribution in [0.3, 0.4) is 0 Å².